The van der Waals surface area contributed by atoms with Crippen molar-refractivity contribution in [1.29, 1.82) is 5.41 Å². The Bertz CT molecular complexity index is 308. The van der Waals surface area contributed by atoms with Crippen molar-refractivity contribution in [3.8, 4) is 0 Å². The lowest BCUT2D eigenvalue weighted by Crippen LogP contribution is -2.13. The van der Waals surface area contributed by atoms with E-state index in [1.165, 1.54) is 0 Å². The molecule has 0 aromatic heterocycles. The number of ether oxygens (including phenoxy) is 1. The molecule has 1 radical (unpaired) electrons. The highest BCUT2D eigenvalue weighted by Crippen LogP contribution is 2.06. The van der Waals surface area contributed by atoms with Crippen LogP contribution in [0.1, 0.15) is 12.0 Å². The van der Waals surface area contributed by atoms with Gasteiger partial charge < -0.3 is 10.1 Å². The lowest BCUT2D eigenvalue weighted by atomic mass is 10.1. The van der Waals surface area contributed by atoms with Gasteiger partial charge in [0, 0.05) is 12.1 Å². The number of carbonyl (C=O) groups excluding carboxylic acids is 1. The molecular weight excluding hydrogens is 178 g/mol. The number of nitrogens with one attached hydrogen (secondary N) is 1. The molecule has 0 saturated heterocycles. The zero-order chi connectivity index (χ0) is 10.4. The zero-order valence-corrected chi connectivity index (χ0v) is 7.77. The second kappa shape index (κ2) is 5.17. The Morgan fingerprint density at radius 1 is 1.50 bits per heavy atom. The first kappa shape index (κ1) is 10.4. The number of hydrogen-bond acceptors (Lipinski definition) is 3. The Kier molecular flexibility index (Phi) is 3.85. The van der Waals surface area contributed by atoms with Crippen LogP contribution in [0.5, 0.6) is 0 Å². The fourth-order valence-corrected chi connectivity index (χ4v) is 1.11. The smallest absolute Gasteiger partial charge is 0.293 e. The monoisotopic (exact) mass is 190 g/mol. The van der Waals surface area contributed by atoms with E-state index in [2.05, 4.69) is 11.7 Å². The number of benzene rings is 1. The molecular formula is C11H12NO2. The zero-order valence-electron chi connectivity index (χ0n) is 7.77. The van der Waals surface area contributed by atoms with Gasteiger partial charge in [-0.25, -0.2) is 0 Å². The highest BCUT2D eigenvalue weighted by molar-refractivity contribution is 5.98. The second-order valence-corrected chi connectivity index (χ2v) is 2.90. The van der Waals surface area contributed by atoms with Crippen molar-refractivity contribution in [3.05, 3.63) is 42.8 Å². The van der Waals surface area contributed by atoms with Crippen LogP contribution in [0.4, 0.5) is 0 Å². The Labute approximate surface area is 83.2 Å². The summed E-state index contributed by atoms with van der Waals surface area (Å²) in [7, 11) is 0. The van der Waals surface area contributed by atoms with E-state index in [4.69, 9.17) is 5.41 Å². The molecule has 0 bridgehead atoms. The van der Waals surface area contributed by atoms with Crippen molar-refractivity contribution in [2.75, 3.05) is 0 Å². The Balaban J connectivity index is 2.55. The summed E-state index contributed by atoms with van der Waals surface area (Å²) < 4.78 is 4.60. The summed E-state index contributed by atoms with van der Waals surface area (Å²) in [6.07, 6.45) is -0.150. The molecule has 14 heavy (non-hydrogen) atoms. The highest BCUT2D eigenvalue weighted by Gasteiger charge is 2.07. The standard InChI is InChI=1S/C11H12NO2/c1-9(14-8-13)7-11(12)10-5-3-2-4-6-10/h2-6,8-9,12H,1,7H2. The maximum atomic E-state index is 10.0. The quantitative estimate of drug-likeness (QED) is 0.568. The van der Waals surface area contributed by atoms with Crippen molar-refractivity contribution >= 4 is 12.2 Å². The minimum atomic E-state index is -0.486. The van der Waals surface area contributed by atoms with Gasteiger partial charge in [-0.2, -0.15) is 0 Å². The maximum Gasteiger partial charge on any atom is 0.293 e. The summed E-state index contributed by atoms with van der Waals surface area (Å²) in [6.45, 7) is 3.96. The van der Waals surface area contributed by atoms with Crippen molar-refractivity contribution < 1.29 is 9.53 Å². The van der Waals surface area contributed by atoms with Gasteiger partial charge in [0.25, 0.3) is 6.47 Å². The van der Waals surface area contributed by atoms with Crippen LogP contribution in [0, 0.1) is 12.3 Å². The van der Waals surface area contributed by atoms with E-state index < -0.39 is 6.10 Å². The fraction of sp³-hybridized carbons (Fsp3) is 0.182. The molecule has 0 saturated carbocycles. The molecule has 1 unspecified atom stereocenters. The lowest BCUT2D eigenvalue weighted by Gasteiger charge is -2.09. The van der Waals surface area contributed by atoms with E-state index in [0.717, 1.165) is 5.56 Å². The number of rotatable bonds is 5. The average molecular weight is 190 g/mol. The van der Waals surface area contributed by atoms with Gasteiger partial charge >= 0.3 is 0 Å². The highest BCUT2D eigenvalue weighted by atomic mass is 16.5. The normalized spacial score (nSPS) is 11.8. The molecule has 0 heterocycles. The van der Waals surface area contributed by atoms with Crippen LogP contribution in [-0.4, -0.2) is 18.3 Å². The molecule has 1 aromatic carbocycles. The topological polar surface area (TPSA) is 50.1 Å². The molecule has 0 fully saturated rings. The van der Waals surface area contributed by atoms with Crippen molar-refractivity contribution in [2.45, 2.75) is 12.5 Å². The molecule has 0 spiro atoms. The third-order valence-corrected chi connectivity index (χ3v) is 1.80. The molecule has 1 N–H and O–H groups in total. The summed E-state index contributed by atoms with van der Waals surface area (Å²) in [4.78, 5) is 10.0. The molecule has 1 rings (SSSR count). The van der Waals surface area contributed by atoms with Gasteiger partial charge in [-0.05, 0) is 12.5 Å². The molecule has 73 valence electrons. The molecule has 3 nitrogen and oxygen atoms in total. The fourth-order valence-electron chi connectivity index (χ4n) is 1.11. The molecule has 0 aliphatic heterocycles. The molecule has 3 heteroatoms. The minimum Gasteiger partial charge on any atom is -0.464 e. The third kappa shape index (κ3) is 3.01. The van der Waals surface area contributed by atoms with Gasteiger partial charge in [0.1, 0.15) is 6.10 Å². The number of hydrogen-bond donors (Lipinski definition) is 1. The van der Waals surface area contributed by atoms with Crippen LogP contribution in [0.2, 0.25) is 0 Å². The van der Waals surface area contributed by atoms with Crippen molar-refractivity contribution in [3.63, 3.8) is 0 Å². The SMILES string of the molecule is [CH2]C(CC(=N)c1ccccc1)OC=O. The van der Waals surface area contributed by atoms with Gasteiger partial charge in [0.2, 0.25) is 0 Å². The lowest BCUT2D eigenvalue weighted by molar-refractivity contribution is -0.131. The summed E-state index contributed by atoms with van der Waals surface area (Å²) in [6, 6.07) is 9.30. The van der Waals surface area contributed by atoms with Crippen LogP contribution >= 0.6 is 0 Å². The van der Waals surface area contributed by atoms with Gasteiger partial charge in [0.15, 0.2) is 0 Å². The molecule has 0 amide bonds. The third-order valence-electron chi connectivity index (χ3n) is 1.80. The van der Waals surface area contributed by atoms with Crippen LogP contribution in [0.15, 0.2) is 30.3 Å². The molecule has 0 aliphatic carbocycles. The van der Waals surface area contributed by atoms with Gasteiger partial charge in [0.05, 0.1) is 0 Å². The summed E-state index contributed by atoms with van der Waals surface area (Å²) in [5.74, 6) is 0. The van der Waals surface area contributed by atoms with E-state index in [0.29, 0.717) is 18.6 Å². The van der Waals surface area contributed by atoms with Crippen LogP contribution in [0.3, 0.4) is 0 Å². The predicted octanol–water partition coefficient (Wildman–Crippen LogP) is 1.82. The molecule has 1 aromatic rings. The summed E-state index contributed by atoms with van der Waals surface area (Å²) in [5.41, 5.74) is 1.25. The maximum absolute atomic E-state index is 10.0. The van der Waals surface area contributed by atoms with Crippen LogP contribution < -0.4 is 0 Å². The van der Waals surface area contributed by atoms with Crippen LogP contribution in [-0.2, 0) is 9.53 Å². The first-order valence-electron chi connectivity index (χ1n) is 4.29. The molecule has 1 atom stereocenters. The van der Waals surface area contributed by atoms with E-state index in [1.54, 1.807) is 0 Å². The van der Waals surface area contributed by atoms with E-state index in [9.17, 15) is 4.79 Å². The van der Waals surface area contributed by atoms with E-state index in [-0.39, 0.29) is 0 Å². The Hall–Kier alpha value is -1.64. The van der Waals surface area contributed by atoms with E-state index in [1.807, 2.05) is 30.3 Å². The largest absolute Gasteiger partial charge is 0.464 e. The van der Waals surface area contributed by atoms with Crippen LogP contribution in [0.25, 0.3) is 0 Å². The Morgan fingerprint density at radius 2 is 2.14 bits per heavy atom. The number of carbonyl (C=O) groups is 1. The average Bonchev–Trinajstić information content (AvgIpc) is 2.19. The Morgan fingerprint density at radius 3 is 2.71 bits per heavy atom. The van der Waals surface area contributed by atoms with Crippen molar-refractivity contribution in [2.24, 2.45) is 0 Å². The van der Waals surface area contributed by atoms with E-state index >= 15 is 0 Å². The van der Waals surface area contributed by atoms with Gasteiger partial charge in [-0.15, -0.1) is 0 Å². The van der Waals surface area contributed by atoms with Gasteiger partial charge in [-0.3, -0.25) is 4.79 Å². The molecule has 0 aliphatic rings. The second-order valence-electron chi connectivity index (χ2n) is 2.90. The first-order chi connectivity index (χ1) is 6.74. The van der Waals surface area contributed by atoms with Crippen molar-refractivity contribution in [1.82, 2.24) is 0 Å². The first-order valence-corrected chi connectivity index (χ1v) is 4.29. The summed E-state index contributed by atoms with van der Waals surface area (Å²) >= 11 is 0. The summed E-state index contributed by atoms with van der Waals surface area (Å²) in [5, 5.41) is 7.70. The predicted molar refractivity (Wildman–Crippen MR) is 54.2 cm³/mol. The van der Waals surface area contributed by atoms with Gasteiger partial charge in [-0.1, -0.05) is 30.3 Å². The minimum absolute atomic E-state index is 0.336.